The molecule has 0 N–H and O–H groups in total. The fraction of sp³-hybridized carbons (Fsp3) is 0.500. The van der Waals surface area contributed by atoms with Crippen molar-refractivity contribution in [3.63, 3.8) is 0 Å². The van der Waals surface area contributed by atoms with Gasteiger partial charge in [0, 0.05) is 0 Å². The standard InChI is InChI=1S/C14H20O/c1-2-3-4-5-6-10-13-15-14-11-8-7-9-12-14/h8-9,11-12H,1-6,10,13H2. The van der Waals surface area contributed by atoms with Crippen LogP contribution in [0.1, 0.15) is 38.5 Å². The van der Waals surface area contributed by atoms with E-state index in [9.17, 15) is 0 Å². The molecule has 0 spiro atoms. The van der Waals surface area contributed by atoms with E-state index in [1.807, 2.05) is 24.3 Å². The van der Waals surface area contributed by atoms with Gasteiger partial charge in [-0.15, -0.1) is 0 Å². The van der Waals surface area contributed by atoms with E-state index < -0.39 is 0 Å². The second-order valence-corrected chi connectivity index (χ2v) is 3.71. The third-order valence-electron chi connectivity index (χ3n) is 2.35. The summed E-state index contributed by atoms with van der Waals surface area (Å²) in [7, 11) is 0. The average Bonchev–Trinajstić information content (AvgIpc) is 2.29. The number of benzene rings is 1. The molecular weight excluding hydrogens is 184 g/mol. The first kappa shape index (κ1) is 12.1. The normalized spacial score (nSPS) is 10.2. The van der Waals surface area contributed by atoms with E-state index in [1.165, 1.54) is 25.7 Å². The molecule has 1 aromatic rings. The van der Waals surface area contributed by atoms with E-state index in [2.05, 4.69) is 13.0 Å². The number of hydrogen-bond donors (Lipinski definition) is 0. The van der Waals surface area contributed by atoms with Crippen LogP contribution in [0.15, 0.2) is 24.3 Å². The molecule has 0 aliphatic carbocycles. The van der Waals surface area contributed by atoms with Crippen molar-refractivity contribution in [3.8, 4) is 5.75 Å². The first-order valence-corrected chi connectivity index (χ1v) is 5.81. The van der Waals surface area contributed by atoms with Gasteiger partial charge in [0.1, 0.15) is 5.75 Å². The van der Waals surface area contributed by atoms with Gasteiger partial charge >= 0.3 is 0 Å². The van der Waals surface area contributed by atoms with Gasteiger partial charge in [0.25, 0.3) is 0 Å². The molecule has 2 radical (unpaired) electrons. The van der Waals surface area contributed by atoms with Crippen LogP contribution >= 0.6 is 0 Å². The first-order chi connectivity index (χ1) is 7.43. The number of rotatable bonds is 8. The maximum Gasteiger partial charge on any atom is 0.119 e. The van der Waals surface area contributed by atoms with Crippen LogP contribution in [0.5, 0.6) is 5.75 Å². The molecule has 0 aliphatic rings. The van der Waals surface area contributed by atoms with E-state index in [1.54, 1.807) is 0 Å². The van der Waals surface area contributed by atoms with Crippen LogP contribution in [-0.2, 0) is 0 Å². The van der Waals surface area contributed by atoms with Gasteiger partial charge in [-0.05, 0) is 24.6 Å². The molecule has 1 aromatic carbocycles. The molecule has 1 heteroatoms. The summed E-state index contributed by atoms with van der Waals surface area (Å²) >= 11 is 0. The minimum atomic E-state index is 0.828. The van der Waals surface area contributed by atoms with Crippen molar-refractivity contribution >= 4 is 0 Å². The van der Waals surface area contributed by atoms with Crippen molar-refractivity contribution in [3.05, 3.63) is 37.3 Å². The van der Waals surface area contributed by atoms with E-state index in [0.29, 0.717) is 0 Å². The number of hydrogen-bond acceptors (Lipinski definition) is 1. The zero-order valence-electron chi connectivity index (χ0n) is 9.37. The number of ether oxygens (including phenoxy) is 1. The van der Waals surface area contributed by atoms with Crippen LogP contribution in [0.4, 0.5) is 0 Å². The molecule has 0 atom stereocenters. The molecule has 0 amide bonds. The summed E-state index contributed by atoms with van der Waals surface area (Å²) in [6.07, 6.45) is 7.35. The van der Waals surface area contributed by atoms with Crippen molar-refractivity contribution in [2.75, 3.05) is 6.61 Å². The Morgan fingerprint density at radius 3 is 2.40 bits per heavy atom. The van der Waals surface area contributed by atoms with Gasteiger partial charge in [0.2, 0.25) is 0 Å². The summed E-state index contributed by atoms with van der Waals surface area (Å²) < 4.78 is 5.58. The minimum Gasteiger partial charge on any atom is -0.494 e. The highest BCUT2D eigenvalue weighted by Gasteiger charge is 1.92. The lowest BCUT2D eigenvalue weighted by atomic mass is 10.1. The van der Waals surface area contributed by atoms with Gasteiger partial charge in [-0.25, -0.2) is 0 Å². The Hall–Kier alpha value is -0.980. The number of unbranched alkanes of at least 4 members (excludes halogenated alkanes) is 5. The van der Waals surface area contributed by atoms with E-state index in [0.717, 1.165) is 25.2 Å². The lowest BCUT2D eigenvalue weighted by molar-refractivity contribution is 0.304. The van der Waals surface area contributed by atoms with Crippen molar-refractivity contribution in [1.29, 1.82) is 0 Å². The van der Waals surface area contributed by atoms with Crippen molar-refractivity contribution in [2.24, 2.45) is 0 Å². The van der Waals surface area contributed by atoms with Gasteiger partial charge < -0.3 is 4.74 Å². The van der Waals surface area contributed by atoms with Gasteiger partial charge in [-0.3, -0.25) is 0 Å². The molecule has 0 aliphatic heterocycles. The molecule has 0 aromatic heterocycles. The van der Waals surface area contributed by atoms with Gasteiger partial charge in [-0.2, -0.15) is 0 Å². The zero-order valence-corrected chi connectivity index (χ0v) is 9.37. The predicted molar refractivity (Wildman–Crippen MR) is 63.8 cm³/mol. The van der Waals surface area contributed by atoms with E-state index in [-0.39, 0.29) is 0 Å². The van der Waals surface area contributed by atoms with Gasteiger partial charge in [-0.1, -0.05) is 51.2 Å². The van der Waals surface area contributed by atoms with Crippen LogP contribution in [0.3, 0.4) is 0 Å². The molecule has 0 fully saturated rings. The third kappa shape index (κ3) is 6.16. The zero-order chi connectivity index (χ0) is 10.8. The Kier molecular flexibility index (Phi) is 6.72. The molecule has 0 unspecified atom stereocenters. The fourth-order valence-corrected chi connectivity index (χ4v) is 1.47. The fourth-order valence-electron chi connectivity index (χ4n) is 1.47. The molecule has 0 bridgehead atoms. The predicted octanol–water partition coefficient (Wildman–Crippen LogP) is 4.04. The van der Waals surface area contributed by atoms with Crippen molar-refractivity contribution in [2.45, 2.75) is 38.5 Å². The topological polar surface area (TPSA) is 9.23 Å². The second kappa shape index (κ2) is 8.34. The SMILES string of the molecule is [CH2]CCCCCCCOc1cc[c]cc1. The molecule has 0 saturated heterocycles. The van der Waals surface area contributed by atoms with Crippen LogP contribution in [0, 0.1) is 13.0 Å². The van der Waals surface area contributed by atoms with Gasteiger partial charge in [0.15, 0.2) is 0 Å². The average molecular weight is 204 g/mol. The van der Waals surface area contributed by atoms with Gasteiger partial charge in [0.05, 0.1) is 6.61 Å². The van der Waals surface area contributed by atoms with Crippen molar-refractivity contribution in [1.82, 2.24) is 0 Å². The summed E-state index contributed by atoms with van der Waals surface area (Å²) in [5, 5.41) is 0. The third-order valence-corrected chi connectivity index (χ3v) is 2.35. The van der Waals surface area contributed by atoms with Crippen molar-refractivity contribution < 1.29 is 4.74 Å². The quantitative estimate of drug-likeness (QED) is 0.581. The Morgan fingerprint density at radius 2 is 1.67 bits per heavy atom. The molecule has 1 rings (SSSR count). The van der Waals surface area contributed by atoms with Crippen LogP contribution < -0.4 is 4.74 Å². The summed E-state index contributed by atoms with van der Waals surface area (Å²) in [5.74, 6) is 0.950. The van der Waals surface area contributed by atoms with E-state index >= 15 is 0 Å². The summed E-state index contributed by atoms with van der Waals surface area (Å²) in [6, 6.07) is 10.6. The Labute approximate surface area is 93.5 Å². The Balaban J connectivity index is 1.93. The van der Waals surface area contributed by atoms with E-state index in [4.69, 9.17) is 4.74 Å². The maximum absolute atomic E-state index is 5.58. The smallest absolute Gasteiger partial charge is 0.119 e. The lowest BCUT2D eigenvalue weighted by Gasteiger charge is -2.05. The molecule has 0 saturated carbocycles. The second-order valence-electron chi connectivity index (χ2n) is 3.71. The monoisotopic (exact) mass is 204 g/mol. The summed E-state index contributed by atoms with van der Waals surface area (Å²) in [4.78, 5) is 0. The van der Waals surface area contributed by atoms with Crippen LogP contribution in [0.25, 0.3) is 0 Å². The largest absolute Gasteiger partial charge is 0.494 e. The lowest BCUT2D eigenvalue weighted by Crippen LogP contribution is -1.96. The summed E-state index contributed by atoms with van der Waals surface area (Å²) in [5.41, 5.74) is 0. The molecule has 0 heterocycles. The highest BCUT2D eigenvalue weighted by Crippen LogP contribution is 2.10. The van der Waals surface area contributed by atoms with Crippen LogP contribution in [0.2, 0.25) is 0 Å². The Morgan fingerprint density at radius 1 is 1.00 bits per heavy atom. The highest BCUT2D eigenvalue weighted by atomic mass is 16.5. The highest BCUT2D eigenvalue weighted by molar-refractivity contribution is 5.20. The Bertz CT molecular complexity index is 230. The van der Waals surface area contributed by atoms with Crippen LogP contribution in [-0.4, -0.2) is 6.61 Å². The summed E-state index contributed by atoms with van der Waals surface area (Å²) in [6.45, 7) is 4.66. The molecule has 1 nitrogen and oxygen atoms in total. The maximum atomic E-state index is 5.58. The molecule has 15 heavy (non-hydrogen) atoms. The minimum absolute atomic E-state index is 0.828. The first-order valence-electron chi connectivity index (χ1n) is 5.81. The molecule has 82 valence electrons. The molecular formula is C14H20O.